The van der Waals surface area contributed by atoms with Gasteiger partial charge in [0, 0.05) is 16.8 Å². The van der Waals surface area contributed by atoms with Gasteiger partial charge in [-0.2, -0.15) is 0 Å². The van der Waals surface area contributed by atoms with E-state index < -0.39 is 6.04 Å². The lowest BCUT2D eigenvalue weighted by Crippen LogP contribution is -2.35. The van der Waals surface area contributed by atoms with E-state index in [0.29, 0.717) is 5.71 Å². The van der Waals surface area contributed by atoms with Crippen molar-refractivity contribution in [3.63, 3.8) is 0 Å². The van der Waals surface area contributed by atoms with Crippen molar-refractivity contribution in [2.45, 2.75) is 25.3 Å². The van der Waals surface area contributed by atoms with Gasteiger partial charge in [0.05, 0.1) is 0 Å². The molecule has 0 aromatic heterocycles. The van der Waals surface area contributed by atoms with Gasteiger partial charge in [-0.05, 0) is 19.3 Å². The van der Waals surface area contributed by atoms with E-state index in [-0.39, 0.29) is 16.8 Å². The van der Waals surface area contributed by atoms with Crippen molar-refractivity contribution in [2.24, 2.45) is 17.0 Å². The van der Waals surface area contributed by atoms with Crippen LogP contribution in [0.4, 0.5) is 0 Å². The number of hydrogen-bond donors (Lipinski definition) is 1. The first-order valence-electron chi connectivity index (χ1n) is 4.09. The van der Waals surface area contributed by atoms with E-state index in [2.05, 4.69) is 5.16 Å². The first-order chi connectivity index (χ1) is 5.74. The number of nitro groups is 1. The Balaban J connectivity index is 2.28. The van der Waals surface area contributed by atoms with E-state index in [1.54, 1.807) is 0 Å². The zero-order valence-corrected chi connectivity index (χ0v) is 6.51. The Morgan fingerprint density at radius 3 is 2.83 bits per heavy atom. The fourth-order valence-corrected chi connectivity index (χ4v) is 2.48. The number of hydrogen-bond acceptors (Lipinski definition) is 4. The SMILES string of the molecule is O=[N+]([O-])[C@@H]1/C(=N\O)[C@H]2CC[C@@H]1C2. The van der Waals surface area contributed by atoms with E-state index in [0.717, 1.165) is 19.3 Å². The molecule has 0 saturated heterocycles. The summed E-state index contributed by atoms with van der Waals surface area (Å²) in [6.45, 7) is 0. The van der Waals surface area contributed by atoms with E-state index >= 15 is 0 Å². The van der Waals surface area contributed by atoms with Gasteiger partial charge in [-0.1, -0.05) is 5.16 Å². The molecule has 0 radical (unpaired) electrons. The molecule has 2 bridgehead atoms. The zero-order valence-electron chi connectivity index (χ0n) is 6.51. The summed E-state index contributed by atoms with van der Waals surface area (Å²) in [5, 5.41) is 22.2. The molecule has 0 spiro atoms. The van der Waals surface area contributed by atoms with Crippen LogP contribution >= 0.6 is 0 Å². The predicted octanol–water partition coefficient (Wildman–Crippen LogP) is 0.892. The second-order valence-electron chi connectivity index (χ2n) is 3.53. The third-order valence-electron chi connectivity index (χ3n) is 2.98. The van der Waals surface area contributed by atoms with Gasteiger partial charge in [0.25, 0.3) is 6.04 Å². The first kappa shape index (κ1) is 7.52. The van der Waals surface area contributed by atoms with E-state index in [1.807, 2.05) is 0 Å². The van der Waals surface area contributed by atoms with Gasteiger partial charge in [0.1, 0.15) is 5.71 Å². The zero-order chi connectivity index (χ0) is 8.72. The Labute approximate surface area is 69.2 Å². The smallest absolute Gasteiger partial charge is 0.257 e. The molecule has 2 aliphatic rings. The van der Waals surface area contributed by atoms with Crippen molar-refractivity contribution in [1.82, 2.24) is 0 Å². The van der Waals surface area contributed by atoms with Crippen LogP contribution in [0, 0.1) is 22.0 Å². The molecule has 0 aromatic rings. The summed E-state index contributed by atoms with van der Waals surface area (Å²) in [6.07, 6.45) is 2.70. The molecule has 0 amide bonds. The van der Waals surface area contributed by atoms with Crippen molar-refractivity contribution in [1.29, 1.82) is 0 Å². The maximum atomic E-state index is 10.6. The fourth-order valence-electron chi connectivity index (χ4n) is 2.48. The molecule has 0 heterocycles. The molecule has 2 rings (SSSR count). The van der Waals surface area contributed by atoms with Gasteiger partial charge >= 0.3 is 0 Å². The van der Waals surface area contributed by atoms with Crippen LogP contribution in [-0.2, 0) is 0 Å². The van der Waals surface area contributed by atoms with Crippen molar-refractivity contribution in [3.8, 4) is 0 Å². The molecule has 2 aliphatic carbocycles. The molecule has 66 valence electrons. The quantitative estimate of drug-likeness (QED) is 0.360. The van der Waals surface area contributed by atoms with Gasteiger partial charge in [0.2, 0.25) is 0 Å². The molecule has 2 saturated carbocycles. The number of oxime groups is 1. The van der Waals surface area contributed by atoms with Crippen LogP contribution in [0.2, 0.25) is 0 Å². The van der Waals surface area contributed by atoms with Crippen molar-refractivity contribution >= 4 is 5.71 Å². The third-order valence-corrected chi connectivity index (χ3v) is 2.98. The van der Waals surface area contributed by atoms with Crippen molar-refractivity contribution in [3.05, 3.63) is 10.1 Å². The van der Waals surface area contributed by atoms with Crippen LogP contribution < -0.4 is 0 Å². The average molecular weight is 170 g/mol. The highest BCUT2D eigenvalue weighted by atomic mass is 16.6. The second-order valence-corrected chi connectivity index (χ2v) is 3.53. The fraction of sp³-hybridized carbons (Fsp3) is 0.857. The Morgan fingerprint density at radius 1 is 1.58 bits per heavy atom. The molecular formula is C7H10N2O3. The molecular weight excluding hydrogens is 160 g/mol. The summed E-state index contributed by atoms with van der Waals surface area (Å²) >= 11 is 0. The number of rotatable bonds is 1. The van der Waals surface area contributed by atoms with Crippen LogP contribution in [0.5, 0.6) is 0 Å². The molecule has 2 fully saturated rings. The summed E-state index contributed by atoms with van der Waals surface area (Å²) in [5.41, 5.74) is 0.399. The highest BCUT2D eigenvalue weighted by Crippen LogP contribution is 2.43. The van der Waals surface area contributed by atoms with Gasteiger partial charge in [-0.25, -0.2) is 0 Å². The van der Waals surface area contributed by atoms with Crippen LogP contribution in [0.1, 0.15) is 19.3 Å². The summed E-state index contributed by atoms with van der Waals surface area (Å²) in [4.78, 5) is 10.3. The molecule has 0 aliphatic heterocycles. The normalized spacial score (nSPS) is 42.3. The summed E-state index contributed by atoms with van der Waals surface area (Å²) in [6, 6.07) is -0.700. The Hall–Kier alpha value is -1.13. The summed E-state index contributed by atoms with van der Waals surface area (Å²) in [7, 11) is 0. The van der Waals surface area contributed by atoms with Crippen LogP contribution in [0.15, 0.2) is 5.16 Å². The molecule has 5 heteroatoms. The Bertz CT molecular complexity index is 251. The predicted molar refractivity (Wildman–Crippen MR) is 40.8 cm³/mol. The van der Waals surface area contributed by atoms with Gasteiger partial charge in [0.15, 0.2) is 0 Å². The largest absolute Gasteiger partial charge is 0.411 e. The Morgan fingerprint density at radius 2 is 2.33 bits per heavy atom. The third kappa shape index (κ3) is 0.821. The lowest BCUT2D eigenvalue weighted by atomic mass is 9.94. The van der Waals surface area contributed by atoms with Crippen molar-refractivity contribution in [2.75, 3.05) is 0 Å². The molecule has 3 atom stereocenters. The average Bonchev–Trinajstić information content (AvgIpc) is 2.60. The van der Waals surface area contributed by atoms with Crippen LogP contribution in [0.25, 0.3) is 0 Å². The lowest BCUT2D eigenvalue weighted by Gasteiger charge is -2.14. The van der Waals surface area contributed by atoms with E-state index in [9.17, 15) is 10.1 Å². The van der Waals surface area contributed by atoms with E-state index in [4.69, 9.17) is 5.21 Å². The van der Waals surface area contributed by atoms with E-state index in [1.165, 1.54) is 0 Å². The van der Waals surface area contributed by atoms with Crippen molar-refractivity contribution < 1.29 is 10.1 Å². The van der Waals surface area contributed by atoms with Crippen LogP contribution in [-0.4, -0.2) is 21.9 Å². The molecule has 0 unspecified atom stereocenters. The summed E-state index contributed by atoms with van der Waals surface area (Å²) in [5.74, 6) is 0.297. The highest BCUT2D eigenvalue weighted by molar-refractivity contribution is 5.93. The standard InChI is InChI=1S/C7H10N2O3/c10-8-6-4-1-2-5(3-4)7(6)9(11)12/h4-5,7,10H,1-3H2/b8-6-/t4-,5+,7-/m0/s1. The minimum Gasteiger partial charge on any atom is -0.411 e. The maximum Gasteiger partial charge on any atom is 0.257 e. The molecule has 5 nitrogen and oxygen atoms in total. The minimum atomic E-state index is -0.700. The monoisotopic (exact) mass is 170 g/mol. The molecule has 1 N–H and O–H groups in total. The van der Waals surface area contributed by atoms with Gasteiger partial charge in [-0.3, -0.25) is 10.1 Å². The van der Waals surface area contributed by atoms with Crippen LogP contribution in [0.3, 0.4) is 0 Å². The summed E-state index contributed by atoms with van der Waals surface area (Å²) < 4.78 is 0. The molecule has 0 aromatic carbocycles. The Kier molecular flexibility index (Phi) is 1.52. The first-order valence-corrected chi connectivity index (χ1v) is 4.09. The topological polar surface area (TPSA) is 75.7 Å². The van der Waals surface area contributed by atoms with Gasteiger partial charge in [-0.15, -0.1) is 0 Å². The maximum absolute atomic E-state index is 10.6. The number of fused-ring (bicyclic) bond motifs is 2. The number of nitrogens with zero attached hydrogens (tertiary/aromatic N) is 2. The highest BCUT2D eigenvalue weighted by Gasteiger charge is 2.52. The molecule has 12 heavy (non-hydrogen) atoms. The van der Waals surface area contributed by atoms with Gasteiger partial charge < -0.3 is 5.21 Å². The lowest BCUT2D eigenvalue weighted by molar-refractivity contribution is -0.510. The minimum absolute atomic E-state index is 0.121. The second kappa shape index (κ2) is 2.43.